The maximum atomic E-state index is 12.6. The van der Waals surface area contributed by atoms with Gasteiger partial charge >= 0.3 is 11.9 Å². The number of aliphatic carboxylic acids is 2. The molecule has 0 aliphatic carbocycles. The molecule has 4 N–H and O–H groups in total. The molecule has 36 heavy (non-hydrogen) atoms. The first-order valence-corrected chi connectivity index (χ1v) is 11.2. The Morgan fingerprint density at radius 2 is 1.67 bits per heavy atom. The molecular formula is C27H23N3O6. The molecule has 0 aliphatic heterocycles. The zero-order valence-electron chi connectivity index (χ0n) is 19.3. The number of aryl methyl sites for hydroxylation is 1. The summed E-state index contributed by atoms with van der Waals surface area (Å²) in [6, 6.07) is 14.8. The molecule has 3 aromatic carbocycles. The molecule has 1 atom stereocenters. The van der Waals surface area contributed by atoms with Gasteiger partial charge < -0.3 is 20.5 Å². The van der Waals surface area contributed by atoms with Gasteiger partial charge in [-0.05, 0) is 59.5 Å². The number of hydrogen-bond acceptors (Lipinski definition) is 5. The van der Waals surface area contributed by atoms with Crippen LogP contribution >= 0.6 is 0 Å². The smallest absolute Gasteiger partial charge is 0.326 e. The van der Waals surface area contributed by atoms with Gasteiger partial charge in [0.2, 0.25) is 0 Å². The molecule has 182 valence electrons. The molecule has 0 fully saturated rings. The van der Waals surface area contributed by atoms with Crippen LogP contribution in [0, 0.1) is 6.92 Å². The number of aromatic amines is 1. The van der Waals surface area contributed by atoms with E-state index in [9.17, 15) is 24.3 Å². The summed E-state index contributed by atoms with van der Waals surface area (Å²) in [4.78, 5) is 54.1. The lowest BCUT2D eigenvalue weighted by atomic mass is 10.0. The zero-order valence-corrected chi connectivity index (χ0v) is 19.3. The van der Waals surface area contributed by atoms with Gasteiger partial charge in [-0.15, -0.1) is 0 Å². The Morgan fingerprint density at radius 1 is 1.00 bits per heavy atom. The highest BCUT2D eigenvalue weighted by Crippen LogP contribution is 2.24. The Kier molecular flexibility index (Phi) is 6.91. The largest absolute Gasteiger partial charge is 0.481 e. The van der Waals surface area contributed by atoms with Gasteiger partial charge in [0.05, 0.1) is 10.9 Å². The average molecular weight is 485 g/mol. The minimum atomic E-state index is -1.29. The van der Waals surface area contributed by atoms with E-state index in [4.69, 9.17) is 5.11 Å². The van der Waals surface area contributed by atoms with Crippen LogP contribution in [0.2, 0.25) is 0 Å². The summed E-state index contributed by atoms with van der Waals surface area (Å²) < 4.78 is 0. The fourth-order valence-corrected chi connectivity index (χ4v) is 3.90. The monoisotopic (exact) mass is 485 g/mol. The number of carboxylic acid groups (broad SMARTS) is 2. The predicted octanol–water partition coefficient (Wildman–Crippen LogP) is 3.60. The fraction of sp³-hybridized carbons (Fsp3) is 0.148. The Balaban J connectivity index is 1.52. The van der Waals surface area contributed by atoms with Crippen LogP contribution in [0.4, 0.5) is 0 Å². The van der Waals surface area contributed by atoms with Crippen molar-refractivity contribution in [2.24, 2.45) is 0 Å². The van der Waals surface area contributed by atoms with Crippen molar-refractivity contribution in [3.63, 3.8) is 0 Å². The van der Waals surface area contributed by atoms with E-state index in [1.807, 2.05) is 42.5 Å². The van der Waals surface area contributed by atoms with Crippen LogP contribution in [0.25, 0.3) is 33.8 Å². The normalized spacial score (nSPS) is 12.1. The van der Waals surface area contributed by atoms with Crippen molar-refractivity contribution >= 4 is 51.7 Å². The van der Waals surface area contributed by atoms with Crippen LogP contribution in [0.1, 0.15) is 40.2 Å². The number of rotatable bonds is 8. The highest BCUT2D eigenvalue weighted by Gasteiger charge is 2.21. The summed E-state index contributed by atoms with van der Waals surface area (Å²) in [6.45, 7) is 1.74. The van der Waals surface area contributed by atoms with Crippen LogP contribution in [0.15, 0.2) is 59.4 Å². The minimum Gasteiger partial charge on any atom is -0.481 e. The first-order chi connectivity index (χ1) is 17.2. The third-order valence-corrected chi connectivity index (χ3v) is 5.72. The number of amides is 1. The molecular weight excluding hydrogens is 462 g/mol. The first kappa shape index (κ1) is 24.3. The maximum Gasteiger partial charge on any atom is 0.326 e. The fourth-order valence-electron chi connectivity index (χ4n) is 3.90. The number of fused-ring (bicyclic) bond motifs is 3. The van der Waals surface area contributed by atoms with E-state index in [-0.39, 0.29) is 24.0 Å². The van der Waals surface area contributed by atoms with E-state index < -0.39 is 23.9 Å². The zero-order chi connectivity index (χ0) is 25.8. The molecule has 0 radical (unpaired) electrons. The highest BCUT2D eigenvalue weighted by atomic mass is 16.4. The summed E-state index contributed by atoms with van der Waals surface area (Å²) in [5.41, 5.74) is 2.38. The number of H-pyrrole nitrogens is 1. The van der Waals surface area contributed by atoms with Crippen molar-refractivity contribution in [3.05, 3.63) is 87.5 Å². The lowest BCUT2D eigenvalue weighted by Crippen LogP contribution is -2.41. The second-order valence-electron chi connectivity index (χ2n) is 8.34. The number of carbonyl (C=O) groups excluding carboxylic acids is 1. The van der Waals surface area contributed by atoms with Gasteiger partial charge in [0.25, 0.3) is 11.5 Å². The molecule has 1 amide bonds. The van der Waals surface area contributed by atoms with Gasteiger partial charge in [-0.25, -0.2) is 9.78 Å². The summed E-state index contributed by atoms with van der Waals surface area (Å²) in [5, 5.41) is 22.6. The third-order valence-electron chi connectivity index (χ3n) is 5.72. The van der Waals surface area contributed by atoms with E-state index in [2.05, 4.69) is 15.3 Å². The summed E-state index contributed by atoms with van der Waals surface area (Å²) in [5.74, 6) is -2.47. The summed E-state index contributed by atoms with van der Waals surface area (Å²) in [7, 11) is 0. The number of nitrogens with zero attached hydrogens (tertiary/aromatic N) is 1. The Morgan fingerprint density at radius 3 is 2.36 bits per heavy atom. The molecule has 4 rings (SSSR count). The Hall–Kier alpha value is -4.79. The van der Waals surface area contributed by atoms with Gasteiger partial charge in [-0.3, -0.25) is 14.4 Å². The molecule has 0 bridgehead atoms. The number of aromatic nitrogens is 2. The van der Waals surface area contributed by atoms with Crippen LogP contribution in [-0.4, -0.2) is 44.1 Å². The molecule has 9 nitrogen and oxygen atoms in total. The highest BCUT2D eigenvalue weighted by molar-refractivity contribution is 6.06. The lowest BCUT2D eigenvalue weighted by molar-refractivity contribution is -0.140. The third kappa shape index (κ3) is 5.47. The first-order valence-electron chi connectivity index (χ1n) is 11.2. The molecule has 0 aliphatic rings. The number of carboxylic acids is 2. The molecule has 0 saturated carbocycles. The lowest BCUT2D eigenvalue weighted by Gasteiger charge is -2.13. The van der Waals surface area contributed by atoms with Gasteiger partial charge in [-0.2, -0.15) is 0 Å². The van der Waals surface area contributed by atoms with Crippen molar-refractivity contribution in [2.45, 2.75) is 25.8 Å². The van der Waals surface area contributed by atoms with E-state index in [0.717, 1.165) is 21.9 Å². The molecule has 1 heterocycles. The molecule has 9 heteroatoms. The average Bonchev–Trinajstić information content (AvgIpc) is 2.84. The Labute approximate surface area is 205 Å². The SMILES string of the molecule is Cc1nc2ccc3ccc(C=Cc4ccc(C(=O)N[C@@H](CCC(=O)O)C(=O)O)cc4)cc3c2c(=O)[nH]1. The molecule has 0 saturated heterocycles. The summed E-state index contributed by atoms with van der Waals surface area (Å²) in [6.07, 6.45) is 3.17. The van der Waals surface area contributed by atoms with Crippen molar-refractivity contribution in [3.8, 4) is 0 Å². The van der Waals surface area contributed by atoms with Crippen molar-refractivity contribution in [1.29, 1.82) is 0 Å². The van der Waals surface area contributed by atoms with Crippen molar-refractivity contribution in [2.75, 3.05) is 0 Å². The quantitative estimate of drug-likeness (QED) is 0.220. The van der Waals surface area contributed by atoms with Crippen LogP contribution in [0.5, 0.6) is 0 Å². The van der Waals surface area contributed by atoms with Gasteiger partial charge in [0.15, 0.2) is 0 Å². The Bertz CT molecular complexity index is 1570. The standard InChI is InChI=1S/C27H23N3O6/c1-15-28-21-11-10-18-7-6-17(14-20(18)24(21)26(34)29-15)3-2-16-4-8-19(9-5-16)25(33)30-22(27(35)36)12-13-23(31)32/h2-11,14,22H,12-13H2,1H3,(H,30,33)(H,31,32)(H,35,36)(H,28,29,34)/t22-/m0/s1. The topological polar surface area (TPSA) is 149 Å². The van der Waals surface area contributed by atoms with Crippen molar-refractivity contribution in [1.82, 2.24) is 15.3 Å². The maximum absolute atomic E-state index is 12.6. The van der Waals surface area contributed by atoms with E-state index >= 15 is 0 Å². The van der Waals surface area contributed by atoms with E-state index in [0.29, 0.717) is 16.7 Å². The van der Waals surface area contributed by atoms with Crippen LogP contribution < -0.4 is 10.9 Å². The molecule has 0 spiro atoms. The molecule has 1 aromatic heterocycles. The number of hydrogen-bond donors (Lipinski definition) is 4. The van der Waals surface area contributed by atoms with Crippen LogP contribution in [-0.2, 0) is 9.59 Å². The molecule has 0 unspecified atom stereocenters. The van der Waals surface area contributed by atoms with E-state index in [1.165, 1.54) is 0 Å². The van der Waals surface area contributed by atoms with E-state index in [1.54, 1.807) is 31.2 Å². The van der Waals surface area contributed by atoms with Crippen molar-refractivity contribution < 1.29 is 24.6 Å². The molecule has 4 aromatic rings. The van der Waals surface area contributed by atoms with Gasteiger partial charge in [-0.1, -0.05) is 42.5 Å². The number of carbonyl (C=O) groups is 3. The predicted molar refractivity (Wildman–Crippen MR) is 136 cm³/mol. The van der Waals surface area contributed by atoms with Gasteiger partial charge in [0.1, 0.15) is 11.9 Å². The minimum absolute atomic E-state index is 0.189. The van der Waals surface area contributed by atoms with Gasteiger partial charge in [0, 0.05) is 12.0 Å². The second-order valence-corrected chi connectivity index (χ2v) is 8.34. The summed E-state index contributed by atoms with van der Waals surface area (Å²) >= 11 is 0. The number of nitrogens with one attached hydrogen (secondary N) is 2. The van der Waals surface area contributed by atoms with Crippen LogP contribution in [0.3, 0.4) is 0 Å². The second kappa shape index (κ2) is 10.2. The number of benzene rings is 3.